The third kappa shape index (κ3) is 3.30. The van der Waals surface area contributed by atoms with E-state index in [1.54, 1.807) is 12.1 Å². The number of nitrogens with two attached hydrogens (primary N) is 1. The van der Waals surface area contributed by atoms with Crippen molar-refractivity contribution in [1.29, 1.82) is 0 Å². The van der Waals surface area contributed by atoms with Gasteiger partial charge in [0.25, 0.3) is 5.69 Å². The molecule has 90 valence electrons. The molecule has 6 heteroatoms. The van der Waals surface area contributed by atoms with Gasteiger partial charge < -0.3 is 5.73 Å². The Morgan fingerprint density at radius 1 is 1.59 bits per heavy atom. The first kappa shape index (κ1) is 12.7. The molecule has 0 spiro atoms. The Morgan fingerprint density at radius 3 is 2.59 bits per heavy atom. The molecule has 0 heterocycles. The van der Waals surface area contributed by atoms with Crippen LogP contribution in [-0.4, -0.2) is 10.8 Å². The minimum absolute atomic E-state index is 0.0326. The monoisotopic (exact) mass is 234 g/mol. The highest BCUT2D eigenvalue weighted by atomic mass is 16.6. The van der Waals surface area contributed by atoms with Gasteiger partial charge in [-0.05, 0) is 12.1 Å². The molecule has 0 aliphatic rings. The molecular weight excluding hydrogens is 220 g/mol. The van der Waals surface area contributed by atoms with Crippen molar-refractivity contribution in [3.8, 4) is 0 Å². The number of amidine groups is 1. The molecule has 0 amide bonds. The number of non-ortho nitro benzene ring substituents is 1. The van der Waals surface area contributed by atoms with Crippen LogP contribution in [0.3, 0.4) is 0 Å². The minimum Gasteiger partial charge on any atom is -0.386 e. The zero-order valence-corrected chi connectivity index (χ0v) is 9.54. The number of rotatable bonds is 5. The summed E-state index contributed by atoms with van der Waals surface area (Å²) in [6.07, 6.45) is 2.11. The van der Waals surface area contributed by atoms with Crippen LogP contribution in [0.15, 0.2) is 42.1 Å². The van der Waals surface area contributed by atoms with Crippen LogP contribution < -0.4 is 10.7 Å². The summed E-state index contributed by atoms with van der Waals surface area (Å²) in [5.41, 5.74) is 6.32. The van der Waals surface area contributed by atoms with E-state index in [9.17, 15) is 10.1 Å². The molecule has 17 heavy (non-hydrogen) atoms. The van der Waals surface area contributed by atoms with Gasteiger partial charge in [-0.15, -0.1) is 0 Å². The highest BCUT2D eigenvalue weighted by Crippen LogP contribution is 2.19. The average Bonchev–Trinajstić information content (AvgIpc) is 2.35. The lowest BCUT2D eigenvalue weighted by molar-refractivity contribution is -0.384. The van der Waals surface area contributed by atoms with Gasteiger partial charge in [-0.25, -0.2) is 5.01 Å². The first-order chi connectivity index (χ1) is 8.08. The molecule has 0 aliphatic heterocycles. The largest absolute Gasteiger partial charge is 0.386 e. The molecule has 0 saturated heterocycles. The van der Waals surface area contributed by atoms with Crippen molar-refractivity contribution in [2.45, 2.75) is 13.3 Å². The topological polar surface area (TPSA) is 84.8 Å². The summed E-state index contributed by atoms with van der Waals surface area (Å²) in [5.74, 6) is 0.461. The number of nitro benzene ring substituents is 1. The van der Waals surface area contributed by atoms with Crippen molar-refractivity contribution < 1.29 is 4.92 Å². The standard InChI is InChI=1S/C11H14N4O2/c1-3-11(12)13-14(4-2)9-5-7-10(8-6-9)15(16)17/h4-8H,2-3H2,1H3,(H2,12,13). The summed E-state index contributed by atoms with van der Waals surface area (Å²) in [6, 6.07) is 5.99. The zero-order valence-electron chi connectivity index (χ0n) is 9.54. The van der Waals surface area contributed by atoms with Gasteiger partial charge in [0.2, 0.25) is 0 Å². The van der Waals surface area contributed by atoms with E-state index in [1.807, 2.05) is 6.92 Å². The predicted octanol–water partition coefficient (Wildman–Crippen LogP) is 2.23. The SMILES string of the molecule is C=CN(/N=C(\N)CC)c1ccc([N+](=O)[O-])cc1. The van der Waals surface area contributed by atoms with Crippen molar-refractivity contribution in [1.82, 2.24) is 0 Å². The second kappa shape index (κ2) is 5.64. The van der Waals surface area contributed by atoms with E-state index >= 15 is 0 Å². The fourth-order valence-electron chi connectivity index (χ4n) is 1.14. The fraction of sp³-hybridized carbons (Fsp3) is 0.182. The van der Waals surface area contributed by atoms with E-state index in [0.29, 0.717) is 17.9 Å². The van der Waals surface area contributed by atoms with E-state index in [2.05, 4.69) is 11.7 Å². The smallest absolute Gasteiger partial charge is 0.269 e. The molecule has 0 saturated carbocycles. The van der Waals surface area contributed by atoms with Crippen LogP contribution in [0.5, 0.6) is 0 Å². The van der Waals surface area contributed by atoms with Crippen molar-refractivity contribution in [2.24, 2.45) is 10.8 Å². The van der Waals surface area contributed by atoms with Crippen LogP contribution in [0.4, 0.5) is 11.4 Å². The van der Waals surface area contributed by atoms with Crippen molar-refractivity contribution in [3.63, 3.8) is 0 Å². The summed E-state index contributed by atoms with van der Waals surface area (Å²) in [7, 11) is 0. The summed E-state index contributed by atoms with van der Waals surface area (Å²) >= 11 is 0. The number of hydrazone groups is 1. The number of hydrogen-bond acceptors (Lipinski definition) is 4. The number of nitrogens with zero attached hydrogens (tertiary/aromatic N) is 3. The molecule has 6 nitrogen and oxygen atoms in total. The van der Waals surface area contributed by atoms with Crippen molar-refractivity contribution in [3.05, 3.63) is 47.2 Å². The maximum atomic E-state index is 10.5. The molecule has 1 rings (SSSR count). The van der Waals surface area contributed by atoms with Gasteiger partial charge in [-0.2, -0.15) is 5.10 Å². The Bertz CT molecular complexity index is 439. The van der Waals surface area contributed by atoms with Gasteiger partial charge in [-0.1, -0.05) is 13.5 Å². The van der Waals surface area contributed by atoms with Gasteiger partial charge in [0, 0.05) is 24.8 Å². The van der Waals surface area contributed by atoms with Crippen LogP contribution in [0.2, 0.25) is 0 Å². The highest BCUT2D eigenvalue weighted by Gasteiger charge is 2.06. The number of anilines is 1. The van der Waals surface area contributed by atoms with Crippen LogP contribution in [0.25, 0.3) is 0 Å². The van der Waals surface area contributed by atoms with Crippen LogP contribution in [0.1, 0.15) is 13.3 Å². The summed E-state index contributed by atoms with van der Waals surface area (Å²) in [6.45, 7) is 5.50. The first-order valence-electron chi connectivity index (χ1n) is 5.07. The van der Waals surface area contributed by atoms with Crippen LogP contribution >= 0.6 is 0 Å². The molecule has 1 aromatic rings. The van der Waals surface area contributed by atoms with E-state index in [0.717, 1.165) is 0 Å². The first-order valence-corrected chi connectivity index (χ1v) is 5.07. The lowest BCUT2D eigenvalue weighted by Gasteiger charge is -2.14. The lowest BCUT2D eigenvalue weighted by Crippen LogP contribution is -2.17. The van der Waals surface area contributed by atoms with Gasteiger partial charge in [0.05, 0.1) is 10.6 Å². The quantitative estimate of drug-likeness (QED) is 0.366. The average molecular weight is 234 g/mol. The van der Waals surface area contributed by atoms with Crippen LogP contribution in [-0.2, 0) is 0 Å². The summed E-state index contributed by atoms with van der Waals surface area (Å²) < 4.78 is 0. The predicted molar refractivity (Wildman–Crippen MR) is 67.7 cm³/mol. The Hall–Kier alpha value is -2.37. The normalized spacial score (nSPS) is 11.0. The second-order valence-corrected chi connectivity index (χ2v) is 3.25. The van der Waals surface area contributed by atoms with Crippen molar-refractivity contribution >= 4 is 17.2 Å². The van der Waals surface area contributed by atoms with Crippen molar-refractivity contribution in [2.75, 3.05) is 5.01 Å². The summed E-state index contributed by atoms with van der Waals surface area (Å²) in [4.78, 5) is 10.0. The van der Waals surface area contributed by atoms with E-state index in [4.69, 9.17) is 5.73 Å². The third-order valence-corrected chi connectivity index (χ3v) is 2.10. The number of nitro groups is 1. The maximum Gasteiger partial charge on any atom is 0.269 e. The van der Waals surface area contributed by atoms with E-state index in [-0.39, 0.29) is 5.69 Å². The summed E-state index contributed by atoms with van der Waals surface area (Å²) in [5, 5.41) is 16.1. The molecule has 2 N–H and O–H groups in total. The van der Waals surface area contributed by atoms with Gasteiger partial charge >= 0.3 is 0 Å². The van der Waals surface area contributed by atoms with Crippen LogP contribution in [0, 0.1) is 10.1 Å². The van der Waals surface area contributed by atoms with Gasteiger partial charge in [0.1, 0.15) is 5.84 Å². The molecule has 0 bridgehead atoms. The number of benzene rings is 1. The van der Waals surface area contributed by atoms with E-state index in [1.165, 1.54) is 23.3 Å². The fourth-order valence-corrected chi connectivity index (χ4v) is 1.14. The molecule has 1 aromatic carbocycles. The Kier molecular flexibility index (Phi) is 4.21. The molecule has 0 radical (unpaired) electrons. The van der Waals surface area contributed by atoms with E-state index < -0.39 is 4.92 Å². The molecule has 0 fully saturated rings. The Balaban J connectivity index is 2.97. The molecule has 0 atom stereocenters. The number of hydrogen-bond donors (Lipinski definition) is 1. The minimum atomic E-state index is -0.453. The highest BCUT2D eigenvalue weighted by molar-refractivity contribution is 5.81. The second-order valence-electron chi connectivity index (χ2n) is 3.25. The molecule has 0 aromatic heterocycles. The zero-order chi connectivity index (χ0) is 12.8. The molecular formula is C11H14N4O2. The Morgan fingerprint density at radius 2 is 2.18 bits per heavy atom. The molecule has 0 unspecified atom stereocenters. The molecule has 0 aliphatic carbocycles. The van der Waals surface area contributed by atoms with Gasteiger partial charge in [0.15, 0.2) is 0 Å². The lowest BCUT2D eigenvalue weighted by atomic mass is 10.3. The third-order valence-electron chi connectivity index (χ3n) is 2.10. The van der Waals surface area contributed by atoms with Gasteiger partial charge in [-0.3, -0.25) is 10.1 Å². The Labute approximate surface area is 99.2 Å². The maximum absolute atomic E-state index is 10.5.